The van der Waals surface area contributed by atoms with Crippen LogP contribution < -0.4 is 5.73 Å². The van der Waals surface area contributed by atoms with E-state index in [0.717, 1.165) is 5.56 Å². The quantitative estimate of drug-likeness (QED) is 0.691. The maximum atomic E-state index is 5.63. The van der Waals surface area contributed by atoms with Crippen molar-refractivity contribution in [1.82, 2.24) is 19.7 Å². The predicted molar refractivity (Wildman–Crippen MR) is 66.3 cm³/mol. The normalized spacial score (nSPS) is 10.7. The fraction of sp³-hybridized carbons (Fsp3) is 0.0833. The fourth-order valence-electron chi connectivity index (χ4n) is 1.60. The van der Waals surface area contributed by atoms with E-state index >= 15 is 0 Å². The fourth-order valence-corrected chi connectivity index (χ4v) is 1.60. The number of nitrogen functional groups attached to an aromatic ring is 1. The Kier molecular flexibility index (Phi) is 2.33. The summed E-state index contributed by atoms with van der Waals surface area (Å²) in [7, 11) is 1.88. The maximum absolute atomic E-state index is 5.63. The van der Waals surface area contributed by atoms with Gasteiger partial charge in [0.05, 0.1) is 6.33 Å². The Morgan fingerprint density at radius 1 is 1.22 bits per heavy atom. The van der Waals surface area contributed by atoms with Crippen LogP contribution in [0.5, 0.6) is 0 Å². The largest absolute Gasteiger partial charge is 0.399 e. The molecule has 0 aliphatic rings. The van der Waals surface area contributed by atoms with Crippen LogP contribution in [-0.2, 0) is 7.05 Å². The molecule has 0 radical (unpaired) electrons. The van der Waals surface area contributed by atoms with Gasteiger partial charge in [0.25, 0.3) is 5.89 Å². The zero-order valence-electron chi connectivity index (χ0n) is 9.74. The molecule has 0 unspecified atom stereocenters. The summed E-state index contributed by atoms with van der Waals surface area (Å²) in [6.07, 6.45) is 3.50. The van der Waals surface area contributed by atoms with Crippen LogP contribution in [0.15, 0.2) is 41.3 Å². The molecule has 0 fully saturated rings. The first kappa shape index (κ1) is 10.5. The summed E-state index contributed by atoms with van der Waals surface area (Å²) in [5.41, 5.74) is 7.84. The third kappa shape index (κ3) is 1.84. The molecule has 0 atom stereocenters. The third-order valence-corrected chi connectivity index (χ3v) is 2.52. The zero-order chi connectivity index (χ0) is 12.5. The van der Waals surface area contributed by atoms with Crippen molar-refractivity contribution in [3.05, 3.63) is 36.8 Å². The van der Waals surface area contributed by atoms with Crippen molar-refractivity contribution >= 4 is 5.69 Å². The summed E-state index contributed by atoms with van der Waals surface area (Å²) in [6, 6.07) is 7.29. The second kappa shape index (κ2) is 3.99. The maximum Gasteiger partial charge on any atom is 0.278 e. The Labute approximate surface area is 103 Å². The van der Waals surface area contributed by atoms with Crippen molar-refractivity contribution in [3.8, 4) is 23.0 Å². The van der Waals surface area contributed by atoms with Crippen LogP contribution in [0.2, 0.25) is 0 Å². The van der Waals surface area contributed by atoms with Crippen LogP contribution in [0.1, 0.15) is 0 Å². The van der Waals surface area contributed by atoms with Crippen LogP contribution in [0.4, 0.5) is 5.69 Å². The molecule has 0 bridgehead atoms. The number of benzene rings is 1. The van der Waals surface area contributed by atoms with E-state index in [4.69, 9.17) is 10.3 Å². The lowest BCUT2D eigenvalue weighted by atomic mass is 10.2. The lowest BCUT2D eigenvalue weighted by Crippen LogP contribution is -1.85. The number of nitrogens with two attached hydrogens (primary N) is 1. The summed E-state index contributed by atoms with van der Waals surface area (Å²) >= 11 is 0. The van der Waals surface area contributed by atoms with Gasteiger partial charge in [0.15, 0.2) is 0 Å². The van der Waals surface area contributed by atoms with Crippen LogP contribution in [-0.4, -0.2) is 19.7 Å². The Bertz CT molecular complexity index is 668. The summed E-state index contributed by atoms with van der Waals surface area (Å²) < 4.78 is 7.00. The molecule has 6 heteroatoms. The number of aryl methyl sites for hydroxylation is 1. The molecule has 90 valence electrons. The Morgan fingerprint density at radius 2 is 2.00 bits per heavy atom. The molecular formula is C12H11N5O. The minimum atomic E-state index is 0.405. The highest BCUT2D eigenvalue weighted by Gasteiger charge is 2.12. The number of hydrogen-bond donors (Lipinski definition) is 1. The third-order valence-electron chi connectivity index (χ3n) is 2.52. The zero-order valence-corrected chi connectivity index (χ0v) is 9.74. The van der Waals surface area contributed by atoms with Crippen molar-refractivity contribution < 1.29 is 4.52 Å². The van der Waals surface area contributed by atoms with Gasteiger partial charge in [0.1, 0.15) is 5.69 Å². The Balaban J connectivity index is 1.96. The van der Waals surface area contributed by atoms with Crippen LogP contribution in [0.3, 0.4) is 0 Å². The molecule has 18 heavy (non-hydrogen) atoms. The Morgan fingerprint density at radius 3 is 2.67 bits per heavy atom. The van der Waals surface area contributed by atoms with E-state index in [2.05, 4.69) is 15.1 Å². The van der Waals surface area contributed by atoms with Gasteiger partial charge in [-0.15, -0.1) is 0 Å². The molecule has 3 rings (SSSR count). The smallest absolute Gasteiger partial charge is 0.278 e. The van der Waals surface area contributed by atoms with Gasteiger partial charge in [-0.1, -0.05) is 5.16 Å². The van der Waals surface area contributed by atoms with Gasteiger partial charge in [0, 0.05) is 24.5 Å². The highest BCUT2D eigenvalue weighted by Crippen LogP contribution is 2.21. The molecule has 0 aliphatic heterocycles. The monoisotopic (exact) mass is 241 g/mol. The van der Waals surface area contributed by atoms with E-state index in [-0.39, 0.29) is 0 Å². The molecular weight excluding hydrogens is 230 g/mol. The first-order chi connectivity index (χ1) is 8.72. The average Bonchev–Trinajstić information content (AvgIpc) is 2.98. The minimum absolute atomic E-state index is 0.405. The van der Waals surface area contributed by atoms with Crippen molar-refractivity contribution in [2.75, 3.05) is 5.73 Å². The van der Waals surface area contributed by atoms with Crippen LogP contribution in [0.25, 0.3) is 23.0 Å². The van der Waals surface area contributed by atoms with Gasteiger partial charge in [-0.05, 0) is 24.3 Å². The highest BCUT2D eigenvalue weighted by molar-refractivity contribution is 5.60. The van der Waals surface area contributed by atoms with E-state index in [9.17, 15) is 0 Å². The van der Waals surface area contributed by atoms with E-state index in [1.54, 1.807) is 18.5 Å². The van der Waals surface area contributed by atoms with Crippen LogP contribution >= 0.6 is 0 Å². The molecule has 2 heterocycles. The first-order valence-corrected chi connectivity index (χ1v) is 5.40. The molecule has 2 aromatic heterocycles. The SMILES string of the molecule is Cn1cnc(-c2nc(-c3ccc(N)cc3)no2)c1. The molecule has 0 saturated carbocycles. The van der Waals surface area contributed by atoms with E-state index in [0.29, 0.717) is 23.1 Å². The minimum Gasteiger partial charge on any atom is -0.399 e. The Hall–Kier alpha value is -2.63. The number of aromatic nitrogens is 4. The van der Waals surface area contributed by atoms with Crippen molar-refractivity contribution in [3.63, 3.8) is 0 Å². The summed E-state index contributed by atoms with van der Waals surface area (Å²) in [6.45, 7) is 0. The molecule has 0 amide bonds. The first-order valence-electron chi connectivity index (χ1n) is 5.40. The summed E-state index contributed by atoms with van der Waals surface area (Å²) in [5, 5.41) is 3.93. The summed E-state index contributed by atoms with van der Waals surface area (Å²) in [5.74, 6) is 0.929. The van der Waals surface area contributed by atoms with Crippen LogP contribution in [0, 0.1) is 0 Å². The number of imidazole rings is 1. The molecule has 0 saturated heterocycles. The second-order valence-electron chi connectivity index (χ2n) is 3.97. The summed E-state index contributed by atoms with van der Waals surface area (Å²) in [4.78, 5) is 8.45. The van der Waals surface area contributed by atoms with Gasteiger partial charge >= 0.3 is 0 Å². The van der Waals surface area contributed by atoms with Gasteiger partial charge in [-0.3, -0.25) is 0 Å². The van der Waals surface area contributed by atoms with Gasteiger partial charge in [-0.2, -0.15) is 4.98 Å². The lowest BCUT2D eigenvalue weighted by molar-refractivity contribution is 0.431. The van der Waals surface area contributed by atoms with E-state index in [1.807, 2.05) is 29.9 Å². The number of hydrogen-bond acceptors (Lipinski definition) is 5. The van der Waals surface area contributed by atoms with Crippen molar-refractivity contribution in [2.24, 2.45) is 7.05 Å². The molecule has 0 spiro atoms. The molecule has 6 nitrogen and oxygen atoms in total. The van der Waals surface area contributed by atoms with Crippen molar-refractivity contribution in [1.29, 1.82) is 0 Å². The van der Waals surface area contributed by atoms with Gasteiger partial charge in [-0.25, -0.2) is 4.98 Å². The average molecular weight is 241 g/mol. The standard InChI is InChI=1S/C12H11N5O/c1-17-6-10(14-7-17)12-15-11(16-18-12)8-2-4-9(13)5-3-8/h2-7H,13H2,1H3. The predicted octanol–water partition coefficient (Wildman–Crippen LogP) is 1.72. The highest BCUT2D eigenvalue weighted by atomic mass is 16.5. The van der Waals surface area contributed by atoms with E-state index < -0.39 is 0 Å². The van der Waals surface area contributed by atoms with Gasteiger partial charge in [0.2, 0.25) is 5.82 Å². The number of anilines is 1. The number of nitrogens with zero attached hydrogens (tertiary/aromatic N) is 4. The lowest BCUT2D eigenvalue weighted by Gasteiger charge is -1.94. The van der Waals surface area contributed by atoms with Gasteiger partial charge < -0.3 is 14.8 Å². The molecule has 1 aromatic carbocycles. The van der Waals surface area contributed by atoms with E-state index in [1.165, 1.54) is 0 Å². The van der Waals surface area contributed by atoms with Crippen molar-refractivity contribution in [2.45, 2.75) is 0 Å². The molecule has 0 aliphatic carbocycles. The number of rotatable bonds is 2. The topological polar surface area (TPSA) is 82.8 Å². The molecule has 2 N–H and O–H groups in total. The second-order valence-corrected chi connectivity index (χ2v) is 3.97. The molecule has 3 aromatic rings.